The standard InChI is InChI=1S/C14H15NO3/c1-10-12(4-3-5-13(10)16)14(17)15(2)8-11-6-7-18-9-11/h3-7,9,16H,8H2,1-2H3. The molecule has 4 heteroatoms. The number of furan rings is 1. The highest BCUT2D eigenvalue weighted by Gasteiger charge is 2.16. The average Bonchev–Trinajstić information content (AvgIpc) is 2.84. The average molecular weight is 245 g/mol. The summed E-state index contributed by atoms with van der Waals surface area (Å²) in [6, 6.07) is 6.77. The minimum Gasteiger partial charge on any atom is -0.508 e. The molecule has 1 N–H and O–H groups in total. The molecule has 18 heavy (non-hydrogen) atoms. The van der Waals surface area contributed by atoms with Crippen molar-refractivity contribution in [2.75, 3.05) is 7.05 Å². The van der Waals surface area contributed by atoms with Gasteiger partial charge in [0.1, 0.15) is 5.75 Å². The Bertz CT molecular complexity index is 546. The zero-order valence-electron chi connectivity index (χ0n) is 10.4. The number of hydrogen-bond acceptors (Lipinski definition) is 3. The Hall–Kier alpha value is -2.23. The van der Waals surface area contributed by atoms with Gasteiger partial charge in [0.15, 0.2) is 0 Å². The maximum absolute atomic E-state index is 12.2. The normalized spacial score (nSPS) is 10.3. The molecular weight excluding hydrogens is 230 g/mol. The Morgan fingerprint density at radius 2 is 2.17 bits per heavy atom. The molecule has 2 aromatic rings. The van der Waals surface area contributed by atoms with E-state index in [0.717, 1.165) is 5.56 Å². The molecular formula is C14H15NO3. The van der Waals surface area contributed by atoms with Gasteiger partial charge < -0.3 is 14.4 Å². The first kappa shape index (κ1) is 12.2. The van der Waals surface area contributed by atoms with E-state index in [2.05, 4.69) is 0 Å². The van der Waals surface area contributed by atoms with Crippen LogP contribution in [0.2, 0.25) is 0 Å². The van der Waals surface area contributed by atoms with Crippen LogP contribution in [0, 0.1) is 6.92 Å². The van der Waals surface area contributed by atoms with Gasteiger partial charge in [0, 0.05) is 30.3 Å². The second kappa shape index (κ2) is 4.96. The van der Waals surface area contributed by atoms with Gasteiger partial charge in [0.2, 0.25) is 0 Å². The fraction of sp³-hybridized carbons (Fsp3) is 0.214. The number of aromatic hydroxyl groups is 1. The topological polar surface area (TPSA) is 53.7 Å². The number of phenolic OH excluding ortho intramolecular Hbond substituents is 1. The van der Waals surface area contributed by atoms with E-state index in [-0.39, 0.29) is 11.7 Å². The van der Waals surface area contributed by atoms with Crippen LogP contribution in [0.3, 0.4) is 0 Å². The number of carbonyl (C=O) groups excluding carboxylic acids is 1. The van der Waals surface area contributed by atoms with Gasteiger partial charge in [-0.1, -0.05) is 6.07 Å². The first-order valence-corrected chi connectivity index (χ1v) is 5.64. The third-order valence-corrected chi connectivity index (χ3v) is 2.88. The van der Waals surface area contributed by atoms with Gasteiger partial charge in [-0.25, -0.2) is 0 Å². The van der Waals surface area contributed by atoms with Crippen LogP contribution >= 0.6 is 0 Å². The van der Waals surface area contributed by atoms with E-state index in [1.807, 2.05) is 6.07 Å². The third-order valence-electron chi connectivity index (χ3n) is 2.88. The highest BCUT2D eigenvalue weighted by atomic mass is 16.3. The van der Waals surface area contributed by atoms with E-state index in [0.29, 0.717) is 17.7 Å². The molecule has 0 fully saturated rings. The maximum Gasteiger partial charge on any atom is 0.254 e. The fourth-order valence-electron chi connectivity index (χ4n) is 1.79. The zero-order chi connectivity index (χ0) is 13.1. The second-order valence-corrected chi connectivity index (χ2v) is 4.24. The highest BCUT2D eigenvalue weighted by molar-refractivity contribution is 5.96. The Morgan fingerprint density at radius 1 is 1.39 bits per heavy atom. The van der Waals surface area contributed by atoms with Crippen molar-refractivity contribution in [1.82, 2.24) is 4.90 Å². The first-order chi connectivity index (χ1) is 8.59. The van der Waals surface area contributed by atoms with Crippen LogP contribution in [-0.4, -0.2) is 23.0 Å². The molecule has 1 amide bonds. The number of amides is 1. The summed E-state index contributed by atoms with van der Waals surface area (Å²) in [5.74, 6) is 0.0159. The number of carbonyl (C=O) groups is 1. The van der Waals surface area contributed by atoms with Crippen molar-refractivity contribution in [3.05, 3.63) is 53.5 Å². The Labute approximate surface area is 105 Å². The molecule has 94 valence electrons. The molecule has 2 rings (SSSR count). The molecule has 4 nitrogen and oxygen atoms in total. The first-order valence-electron chi connectivity index (χ1n) is 5.64. The van der Waals surface area contributed by atoms with E-state index in [9.17, 15) is 9.90 Å². The lowest BCUT2D eigenvalue weighted by Crippen LogP contribution is -2.26. The molecule has 0 unspecified atom stereocenters. The molecule has 0 atom stereocenters. The summed E-state index contributed by atoms with van der Waals surface area (Å²) in [6.45, 7) is 2.21. The number of benzene rings is 1. The minimum absolute atomic E-state index is 0.121. The predicted octanol–water partition coefficient (Wildman–Crippen LogP) is 2.57. The van der Waals surface area contributed by atoms with Gasteiger partial charge in [-0.05, 0) is 25.1 Å². The van der Waals surface area contributed by atoms with Gasteiger partial charge in [-0.3, -0.25) is 4.79 Å². The number of nitrogens with zero attached hydrogens (tertiary/aromatic N) is 1. The van der Waals surface area contributed by atoms with Crippen molar-refractivity contribution < 1.29 is 14.3 Å². The van der Waals surface area contributed by atoms with Crippen LogP contribution in [-0.2, 0) is 6.54 Å². The van der Waals surface area contributed by atoms with Gasteiger partial charge in [0.05, 0.1) is 12.5 Å². The molecule has 0 radical (unpaired) electrons. The van der Waals surface area contributed by atoms with Crippen molar-refractivity contribution in [2.45, 2.75) is 13.5 Å². The smallest absolute Gasteiger partial charge is 0.254 e. The molecule has 0 saturated heterocycles. The third kappa shape index (κ3) is 2.37. The van der Waals surface area contributed by atoms with E-state index in [4.69, 9.17) is 4.42 Å². The summed E-state index contributed by atoms with van der Waals surface area (Å²) in [5.41, 5.74) is 2.05. The molecule has 1 heterocycles. The van der Waals surface area contributed by atoms with Crippen molar-refractivity contribution in [1.29, 1.82) is 0 Å². The van der Waals surface area contributed by atoms with Gasteiger partial charge in [-0.2, -0.15) is 0 Å². The summed E-state index contributed by atoms with van der Waals surface area (Å²) < 4.78 is 4.97. The maximum atomic E-state index is 12.2. The fourth-order valence-corrected chi connectivity index (χ4v) is 1.79. The molecule has 0 aliphatic heterocycles. The van der Waals surface area contributed by atoms with Gasteiger partial charge >= 0.3 is 0 Å². The Kier molecular flexibility index (Phi) is 3.37. The largest absolute Gasteiger partial charge is 0.508 e. The molecule has 1 aromatic carbocycles. The van der Waals surface area contributed by atoms with Crippen LogP contribution in [0.15, 0.2) is 41.2 Å². The Morgan fingerprint density at radius 3 is 2.83 bits per heavy atom. The summed E-state index contributed by atoms with van der Waals surface area (Å²) in [5, 5.41) is 9.60. The lowest BCUT2D eigenvalue weighted by atomic mass is 10.1. The van der Waals surface area contributed by atoms with Crippen LogP contribution < -0.4 is 0 Å². The molecule has 0 aliphatic carbocycles. The molecule has 1 aromatic heterocycles. The summed E-state index contributed by atoms with van der Waals surface area (Å²) in [6.07, 6.45) is 3.19. The van der Waals surface area contributed by atoms with Crippen LogP contribution in [0.5, 0.6) is 5.75 Å². The van der Waals surface area contributed by atoms with Crippen molar-refractivity contribution in [3.8, 4) is 5.75 Å². The number of phenols is 1. The summed E-state index contributed by atoms with van der Waals surface area (Å²) in [7, 11) is 1.72. The van der Waals surface area contributed by atoms with Crippen molar-refractivity contribution >= 4 is 5.91 Å². The minimum atomic E-state index is -0.121. The molecule has 0 spiro atoms. The second-order valence-electron chi connectivity index (χ2n) is 4.24. The zero-order valence-corrected chi connectivity index (χ0v) is 10.4. The molecule has 0 saturated carbocycles. The van der Waals surface area contributed by atoms with Gasteiger partial charge in [-0.15, -0.1) is 0 Å². The van der Waals surface area contributed by atoms with E-state index in [1.54, 1.807) is 49.6 Å². The Balaban J connectivity index is 2.18. The SMILES string of the molecule is Cc1c(O)cccc1C(=O)N(C)Cc1ccoc1. The summed E-state index contributed by atoms with van der Waals surface area (Å²) >= 11 is 0. The van der Waals surface area contributed by atoms with Crippen LogP contribution in [0.4, 0.5) is 0 Å². The lowest BCUT2D eigenvalue weighted by Gasteiger charge is -2.17. The highest BCUT2D eigenvalue weighted by Crippen LogP contribution is 2.21. The molecule has 0 bridgehead atoms. The quantitative estimate of drug-likeness (QED) is 0.904. The van der Waals surface area contributed by atoms with Crippen molar-refractivity contribution in [3.63, 3.8) is 0 Å². The van der Waals surface area contributed by atoms with E-state index in [1.165, 1.54) is 0 Å². The van der Waals surface area contributed by atoms with E-state index < -0.39 is 0 Å². The summed E-state index contributed by atoms with van der Waals surface area (Å²) in [4.78, 5) is 13.8. The monoisotopic (exact) mass is 245 g/mol. The van der Waals surface area contributed by atoms with Crippen LogP contribution in [0.1, 0.15) is 21.5 Å². The van der Waals surface area contributed by atoms with Crippen molar-refractivity contribution in [2.24, 2.45) is 0 Å². The number of rotatable bonds is 3. The number of hydrogen-bond donors (Lipinski definition) is 1. The van der Waals surface area contributed by atoms with Crippen LogP contribution in [0.25, 0.3) is 0 Å². The van der Waals surface area contributed by atoms with E-state index >= 15 is 0 Å². The molecule has 0 aliphatic rings. The lowest BCUT2D eigenvalue weighted by molar-refractivity contribution is 0.0783. The van der Waals surface area contributed by atoms with Gasteiger partial charge in [0.25, 0.3) is 5.91 Å². The predicted molar refractivity (Wildman–Crippen MR) is 67.3 cm³/mol.